The number of amides is 1. The van der Waals surface area contributed by atoms with Crippen molar-refractivity contribution in [3.8, 4) is 0 Å². The molecule has 2 N–H and O–H groups in total. The molecule has 0 saturated carbocycles. The number of ether oxygens (including phenoxy) is 1. The SMILES string of the molecule is CCOC(=O)c1ccccc1NC(=O)c1cncc(Nc2ccc(CC)cc2)c1. The molecule has 1 aromatic heterocycles. The van der Waals surface area contributed by atoms with Gasteiger partial charge >= 0.3 is 5.97 Å². The Morgan fingerprint density at radius 1 is 0.966 bits per heavy atom. The molecule has 0 bridgehead atoms. The lowest BCUT2D eigenvalue weighted by atomic mass is 10.1. The predicted molar refractivity (Wildman–Crippen MR) is 114 cm³/mol. The number of hydrogen-bond acceptors (Lipinski definition) is 5. The van der Waals surface area contributed by atoms with Crippen molar-refractivity contribution < 1.29 is 14.3 Å². The summed E-state index contributed by atoms with van der Waals surface area (Å²) in [5.41, 5.74) is 3.93. The van der Waals surface area contributed by atoms with Crippen LogP contribution in [0.3, 0.4) is 0 Å². The second kappa shape index (κ2) is 9.50. The Hall–Kier alpha value is -3.67. The standard InChI is InChI=1S/C23H23N3O3/c1-3-16-9-11-18(12-10-16)25-19-13-17(14-24-15-19)22(27)26-21-8-6-5-7-20(21)23(28)29-4-2/h5-15,25H,3-4H2,1-2H3,(H,26,27). The van der Waals surface area contributed by atoms with Crippen LogP contribution in [0.5, 0.6) is 0 Å². The van der Waals surface area contributed by atoms with E-state index in [-0.39, 0.29) is 12.5 Å². The fourth-order valence-corrected chi connectivity index (χ4v) is 2.80. The average molecular weight is 389 g/mol. The van der Waals surface area contributed by atoms with Crippen LogP contribution in [0.1, 0.15) is 40.1 Å². The molecular weight excluding hydrogens is 366 g/mol. The zero-order chi connectivity index (χ0) is 20.6. The molecule has 148 valence electrons. The van der Waals surface area contributed by atoms with Crippen molar-refractivity contribution in [1.82, 2.24) is 4.98 Å². The third-order valence-corrected chi connectivity index (χ3v) is 4.32. The number of pyridine rings is 1. The molecule has 0 atom stereocenters. The van der Waals surface area contributed by atoms with E-state index in [9.17, 15) is 9.59 Å². The Morgan fingerprint density at radius 2 is 1.72 bits per heavy atom. The molecule has 3 aromatic rings. The summed E-state index contributed by atoms with van der Waals surface area (Å²) < 4.78 is 5.05. The summed E-state index contributed by atoms with van der Waals surface area (Å²) in [7, 11) is 0. The maximum atomic E-state index is 12.7. The van der Waals surface area contributed by atoms with Gasteiger partial charge in [0.1, 0.15) is 0 Å². The van der Waals surface area contributed by atoms with Crippen molar-refractivity contribution in [1.29, 1.82) is 0 Å². The van der Waals surface area contributed by atoms with E-state index in [1.165, 1.54) is 11.8 Å². The van der Waals surface area contributed by atoms with Crippen LogP contribution in [0.25, 0.3) is 0 Å². The molecule has 6 heteroatoms. The van der Waals surface area contributed by atoms with Gasteiger partial charge in [0.25, 0.3) is 5.91 Å². The minimum Gasteiger partial charge on any atom is -0.462 e. The molecule has 0 spiro atoms. The van der Waals surface area contributed by atoms with Gasteiger partial charge in [-0.25, -0.2) is 4.79 Å². The van der Waals surface area contributed by atoms with Gasteiger partial charge in [-0.1, -0.05) is 31.2 Å². The highest BCUT2D eigenvalue weighted by Crippen LogP contribution is 2.20. The van der Waals surface area contributed by atoms with Crippen LogP contribution in [0, 0.1) is 0 Å². The molecule has 0 unspecified atom stereocenters. The summed E-state index contributed by atoms with van der Waals surface area (Å²) >= 11 is 0. The van der Waals surface area contributed by atoms with Crippen LogP contribution < -0.4 is 10.6 Å². The Labute approximate surface area is 169 Å². The number of rotatable bonds is 7. The molecule has 0 aliphatic carbocycles. The highest BCUT2D eigenvalue weighted by molar-refractivity contribution is 6.08. The molecule has 0 fully saturated rings. The molecule has 0 aliphatic heterocycles. The zero-order valence-corrected chi connectivity index (χ0v) is 16.4. The third kappa shape index (κ3) is 5.19. The van der Waals surface area contributed by atoms with E-state index in [1.807, 2.05) is 12.1 Å². The van der Waals surface area contributed by atoms with E-state index in [0.717, 1.165) is 12.1 Å². The number of carbonyl (C=O) groups excluding carboxylic acids is 2. The number of nitrogens with zero attached hydrogens (tertiary/aromatic N) is 1. The first kappa shape index (κ1) is 20.1. The lowest BCUT2D eigenvalue weighted by Crippen LogP contribution is -2.16. The average Bonchev–Trinajstić information content (AvgIpc) is 2.75. The highest BCUT2D eigenvalue weighted by Gasteiger charge is 2.15. The number of aryl methyl sites for hydroxylation is 1. The number of esters is 1. The number of hydrogen-bond donors (Lipinski definition) is 2. The molecule has 6 nitrogen and oxygen atoms in total. The van der Waals surface area contributed by atoms with Crippen molar-refractivity contribution in [3.63, 3.8) is 0 Å². The maximum absolute atomic E-state index is 12.7. The van der Waals surface area contributed by atoms with Crippen LogP contribution in [0.15, 0.2) is 67.0 Å². The third-order valence-electron chi connectivity index (χ3n) is 4.32. The summed E-state index contributed by atoms with van der Waals surface area (Å²) in [6.07, 6.45) is 4.11. The largest absolute Gasteiger partial charge is 0.462 e. The van der Waals surface area contributed by atoms with Gasteiger partial charge in [0, 0.05) is 11.9 Å². The smallest absolute Gasteiger partial charge is 0.340 e. The van der Waals surface area contributed by atoms with Gasteiger partial charge in [0.15, 0.2) is 0 Å². The second-order valence-corrected chi connectivity index (χ2v) is 6.36. The summed E-state index contributed by atoms with van der Waals surface area (Å²) in [4.78, 5) is 28.9. The first-order valence-corrected chi connectivity index (χ1v) is 9.49. The van der Waals surface area contributed by atoms with E-state index in [1.54, 1.807) is 43.5 Å². The Morgan fingerprint density at radius 3 is 2.45 bits per heavy atom. The monoisotopic (exact) mass is 389 g/mol. The molecule has 1 heterocycles. The fraction of sp³-hybridized carbons (Fsp3) is 0.174. The van der Waals surface area contributed by atoms with Gasteiger partial charge < -0.3 is 15.4 Å². The quantitative estimate of drug-likeness (QED) is 0.567. The zero-order valence-electron chi connectivity index (χ0n) is 16.4. The van der Waals surface area contributed by atoms with E-state index < -0.39 is 5.97 Å². The van der Waals surface area contributed by atoms with E-state index >= 15 is 0 Å². The number of anilines is 3. The maximum Gasteiger partial charge on any atom is 0.340 e. The first-order chi connectivity index (χ1) is 14.1. The van der Waals surface area contributed by atoms with E-state index in [4.69, 9.17) is 4.74 Å². The minimum atomic E-state index is -0.479. The summed E-state index contributed by atoms with van der Waals surface area (Å²) in [6.45, 7) is 4.10. The van der Waals surface area contributed by atoms with Crippen molar-refractivity contribution in [2.45, 2.75) is 20.3 Å². The molecule has 3 rings (SSSR count). The molecular formula is C23H23N3O3. The van der Waals surface area contributed by atoms with Gasteiger partial charge in [-0.3, -0.25) is 9.78 Å². The van der Waals surface area contributed by atoms with Crippen molar-refractivity contribution in [2.75, 3.05) is 17.2 Å². The Kier molecular flexibility index (Phi) is 6.58. The molecule has 2 aromatic carbocycles. The number of para-hydroxylation sites is 1. The van der Waals surface area contributed by atoms with Crippen LogP contribution in [-0.4, -0.2) is 23.5 Å². The first-order valence-electron chi connectivity index (χ1n) is 9.49. The van der Waals surface area contributed by atoms with Crippen LogP contribution in [0.2, 0.25) is 0 Å². The Bertz CT molecular complexity index is 1000. The molecule has 0 saturated heterocycles. The summed E-state index contributed by atoms with van der Waals surface area (Å²) in [6, 6.07) is 16.5. The number of benzene rings is 2. The van der Waals surface area contributed by atoms with Crippen LogP contribution in [0.4, 0.5) is 17.1 Å². The Balaban J connectivity index is 1.75. The lowest BCUT2D eigenvalue weighted by molar-refractivity contribution is 0.0527. The van der Waals surface area contributed by atoms with Gasteiger partial charge in [-0.05, 0) is 49.2 Å². The minimum absolute atomic E-state index is 0.262. The van der Waals surface area contributed by atoms with Crippen LogP contribution >= 0.6 is 0 Å². The van der Waals surface area contributed by atoms with E-state index in [0.29, 0.717) is 22.5 Å². The number of carbonyl (C=O) groups is 2. The summed E-state index contributed by atoms with van der Waals surface area (Å²) in [5.74, 6) is -0.841. The topological polar surface area (TPSA) is 80.3 Å². The normalized spacial score (nSPS) is 10.3. The summed E-state index contributed by atoms with van der Waals surface area (Å²) in [5, 5.41) is 6.01. The molecule has 0 aliphatic rings. The predicted octanol–water partition coefficient (Wildman–Crippen LogP) is 4.82. The molecule has 1 amide bonds. The van der Waals surface area contributed by atoms with Crippen molar-refractivity contribution in [3.05, 3.63) is 83.7 Å². The van der Waals surface area contributed by atoms with Gasteiger partial charge in [0.2, 0.25) is 0 Å². The number of aromatic nitrogens is 1. The second-order valence-electron chi connectivity index (χ2n) is 6.36. The van der Waals surface area contributed by atoms with Gasteiger partial charge in [-0.15, -0.1) is 0 Å². The van der Waals surface area contributed by atoms with Crippen molar-refractivity contribution >= 4 is 28.9 Å². The number of nitrogens with one attached hydrogen (secondary N) is 2. The van der Waals surface area contributed by atoms with E-state index in [2.05, 4.69) is 34.7 Å². The van der Waals surface area contributed by atoms with Crippen LogP contribution in [-0.2, 0) is 11.2 Å². The van der Waals surface area contributed by atoms with Gasteiger partial charge in [-0.2, -0.15) is 0 Å². The lowest BCUT2D eigenvalue weighted by Gasteiger charge is -2.11. The van der Waals surface area contributed by atoms with Gasteiger partial charge in [0.05, 0.1) is 35.3 Å². The fourth-order valence-electron chi connectivity index (χ4n) is 2.80. The molecule has 29 heavy (non-hydrogen) atoms. The van der Waals surface area contributed by atoms with Crippen molar-refractivity contribution in [2.24, 2.45) is 0 Å². The highest BCUT2D eigenvalue weighted by atomic mass is 16.5. The molecule has 0 radical (unpaired) electrons.